The van der Waals surface area contributed by atoms with Gasteiger partial charge in [0, 0.05) is 31.6 Å². The van der Waals surface area contributed by atoms with Crippen molar-refractivity contribution in [1.82, 2.24) is 15.6 Å². The van der Waals surface area contributed by atoms with Crippen LogP contribution in [0.1, 0.15) is 23.2 Å². The molecule has 2 rings (SSSR count). The van der Waals surface area contributed by atoms with Crippen LogP contribution in [0.2, 0.25) is 0 Å². The van der Waals surface area contributed by atoms with Gasteiger partial charge in [-0.15, -0.1) is 0 Å². The number of carbonyl (C=O) groups excluding carboxylic acids is 2. The van der Waals surface area contributed by atoms with E-state index in [1.54, 1.807) is 0 Å². The van der Waals surface area contributed by atoms with Crippen LogP contribution in [0.3, 0.4) is 0 Å². The zero-order chi connectivity index (χ0) is 15.5. The van der Waals surface area contributed by atoms with Gasteiger partial charge in [0.15, 0.2) is 0 Å². The Bertz CT molecular complexity index is 534. The van der Waals surface area contributed by atoms with E-state index in [0.29, 0.717) is 5.88 Å². The molecule has 2 heterocycles. The van der Waals surface area contributed by atoms with Crippen molar-refractivity contribution in [3.05, 3.63) is 23.9 Å². The second kappa shape index (κ2) is 6.02. The van der Waals surface area contributed by atoms with E-state index in [9.17, 15) is 18.4 Å². The predicted octanol–water partition coefficient (Wildman–Crippen LogP) is 0.734. The summed E-state index contributed by atoms with van der Waals surface area (Å²) in [5.41, 5.74) is 0.163. The number of amides is 2. The fourth-order valence-electron chi connectivity index (χ4n) is 1.98. The second-order valence-electron chi connectivity index (χ2n) is 4.72. The molecule has 1 aromatic rings. The van der Waals surface area contributed by atoms with E-state index >= 15 is 0 Å². The number of ether oxygens (including phenoxy) is 1. The molecule has 1 aliphatic heterocycles. The molecule has 0 spiro atoms. The number of carbonyl (C=O) groups is 2. The van der Waals surface area contributed by atoms with E-state index < -0.39 is 36.6 Å². The number of aromatic nitrogens is 1. The SMILES string of the molecule is COc1ccc(C(=O)N[C@@H]2CC(F)(F)CCNC2=O)cn1. The van der Waals surface area contributed by atoms with E-state index in [4.69, 9.17) is 4.74 Å². The summed E-state index contributed by atoms with van der Waals surface area (Å²) in [6.07, 6.45) is 0.101. The first-order valence-electron chi connectivity index (χ1n) is 6.38. The Kier molecular flexibility index (Phi) is 4.35. The number of rotatable bonds is 3. The van der Waals surface area contributed by atoms with Crippen molar-refractivity contribution in [1.29, 1.82) is 0 Å². The molecular formula is C13H15F2N3O3. The molecule has 21 heavy (non-hydrogen) atoms. The molecule has 0 unspecified atom stereocenters. The fourth-order valence-corrected chi connectivity index (χ4v) is 1.98. The van der Waals surface area contributed by atoms with Gasteiger partial charge in [0.05, 0.1) is 12.7 Å². The van der Waals surface area contributed by atoms with Gasteiger partial charge in [0.2, 0.25) is 11.8 Å². The summed E-state index contributed by atoms with van der Waals surface area (Å²) in [4.78, 5) is 27.5. The van der Waals surface area contributed by atoms with Crippen molar-refractivity contribution < 1.29 is 23.1 Å². The lowest BCUT2D eigenvalue weighted by atomic mass is 10.1. The van der Waals surface area contributed by atoms with Gasteiger partial charge in [-0.25, -0.2) is 13.8 Å². The lowest BCUT2D eigenvalue weighted by Gasteiger charge is -2.19. The molecule has 1 atom stereocenters. The lowest BCUT2D eigenvalue weighted by Crippen LogP contribution is -2.46. The molecule has 0 saturated carbocycles. The molecular weight excluding hydrogens is 284 g/mol. The summed E-state index contributed by atoms with van der Waals surface area (Å²) < 4.78 is 31.8. The Morgan fingerprint density at radius 3 is 2.90 bits per heavy atom. The Balaban J connectivity index is 2.07. The Morgan fingerprint density at radius 2 is 2.29 bits per heavy atom. The van der Waals surface area contributed by atoms with Crippen molar-refractivity contribution in [3.8, 4) is 5.88 Å². The van der Waals surface area contributed by atoms with E-state index in [-0.39, 0.29) is 12.1 Å². The standard InChI is InChI=1S/C13H15F2N3O3/c1-21-10-3-2-8(7-17-10)11(19)18-9-6-13(14,15)4-5-16-12(9)20/h2-3,7,9H,4-6H2,1H3,(H,16,20)(H,18,19)/t9-/m1/s1. The Labute approximate surface area is 119 Å². The van der Waals surface area contributed by atoms with E-state index in [1.807, 2.05) is 0 Å². The second-order valence-corrected chi connectivity index (χ2v) is 4.72. The maximum absolute atomic E-state index is 13.5. The van der Waals surface area contributed by atoms with Crippen molar-refractivity contribution >= 4 is 11.8 Å². The molecule has 0 radical (unpaired) electrons. The number of pyridine rings is 1. The third-order valence-corrected chi connectivity index (χ3v) is 3.12. The minimum absolute atomic E-state index is 0.109. The number of halogens is 2. The number of nitrogens with one attached hydrogen (secondary N) is 2. The normalized spacial score (nSPS) is 21.1. The van der Waals surface area contributed by atoms with Crippen LogP contribution in [0.5, 0.6) is 5.88 Å². The molecule has 0 aliphatic carbocycles. The average molecular weight is 299 g/mol. The number of methoxy groups -OCH3 is 1. The fraction of sp³-hybridized carbons (Fsp3) is 0.462. The quantitative estimate of drug-likeness (QED) is 0.862. The van der Waals surface area contributed by atoms with Crippen molar-refractivity contribution in [3.63, 3.8) is 0 Å². The molecule has 8 heteroatoms. The van der Waals surface area contributed by atoms with Crippen LogP contribution in [0, 0.1) is 0 Å². The molecule has 0 bridgehead atoms. The first kappa shape index (κ1) is 15.1. The monoisotopic (exact) mass is 299 g/mol. The summed E-state index contributed by atoms with van der Waals surface area (Å²) in [5.74, 6) is -3.91. The van der Waals surface area contributed by atoms with Crippen LogP contribution in [0.4, 0.5) is 8.78 Å². The van der Waals surface area contributed by atoms with Gasteiger partial charge in [-0.05, 0) is 6.07 Å². The molecule has 114 valence electrons. The van der Waals surface area contributed by atoms with Crippen molar-refractivity contribution in [2.24, 2.45) is 0 Å². The predicted molar refractivity (Wildman–Crippen MR) is 69.2 cm³/mol. The van der Waals surface area contributed by atoms with E-state index in [2.05, 4.69) is 15.6 Å². The molecule has 1 fully saturated rings. The number of hydrogen-bond acceptors (Lipinski definition) is 4. The van der Waals surface area contributed by atoms with E-state index in [1.165, 1.54) is 25.4 Å². The summed E-state index contributed by atoms with van der Waals surface area (Å²) in [6, 6.07) is 1.64. The maximum atomic E-state index is 13.5. The third-order valence-electron chi connectivity index (χ3n) is 3.12. The van der Waals surface area contributed by atoms with Crippen LogP contribution in [0.25, 0.3) is 0 Å². The Morgan fingerprint density at radius 1 is 1.52 bits per heavy atom. The van der Waals surface area contributed by atoms with Crippen LogP contribution >= 0.6 is 0 Å². The third kappa shape index (κ3) is 3.87. The van der Waals surface area contributed by atoms with Gasteiger partial charge in [-0.1, -0.05) is 0 Å². The van der Waals surface area contributed by atoms with Crippen molar-refractivity contribution in [2.45, 2.75) is 24.8 Å². The first-order valence-corrected chi connectivity index (χ1v) is 6.38. The summed E-state index contributed by atoms with van der Waals surface area (Å²) in [6.45, 7) is -0.109. The minimum atomic E-state index is -2.99. The van der Waals surface area contributed by atoms with Crippen LogP contribution < -0.4 is 15.4 Å². The summed E-state index contributed by atoms with van der Waals surface area (Å²) in [5, 5.41) is 4.66. The topological polar surface area (TPSA) is 80.3 Å². The smallest absolute Gasteiger partial charge is 0.253 e. The van der Waals surface area contributed by atoms with Crippen molar-refractivity contribution in [2.75, 3.05) is 13.7 Å². The minimum Gasteiger partial charge on any atom is -0.481 e. The van der Waals surface area contributed by atoms with Gasteiger partial charge in [0.1, 0.15) is 6.04 Å². The molecule has 1 aliphatic rings. The highest BCUT2D eigenvalue weighted by molar-refractivity contribution is 5.97. The highest BCUT2D eigenvalue weighted by atomic mass is 19.3. The van der Waals surface area contributed by atoms with Crippen LogP contribution in [-0.4, -0.2) is 42.4 Å². The van der Waals surface area contributed by atoms with Gasteiger partial charge < -0.3 is 15.4 Å². The zero-order valence-electron chi connectivity index (χ0n) is 11.4. The van der Waals surface area contributed by atoms with Gasteiger partial charge in [0.25, 0.3) is 11.8 Å². The lowest BCUT2D eigenvalue weighted by molar-refractivity contribution is -0.123. The summed E-state index contributed by atoms with van der Waals surface area (Å²) >= 11 is 0. The highest BCUT2D eigenvalue weighted by Gasteiger charge is 2.38. The van der Waals surface area contributed by atoms with E-state index in [0.717, 1.165) is 0 Å². The van der Waals surface area contributed by atoms with Gasteiger partial charge >= 0.3 is 0 Å². The van der Waals surface area contributed by atoms with Gasteiger partial charge in [-0.2, -0.15) is 0 Å². The summed E-state index contributed by atoms with van der Waals surface area (Å²) in [7, 11) is 1.43. The molecule has 1 saturated heterocycles. The largest absolute Gasteiger partial charge is 0.481 e. The number of hydrogen-bond donors (Lipinski definition) is 2. The highest BCUT2D eigenvalue weighted by Crippen LogP contribution is 2.26. The number of nitrogens with zero attached hydrogens (tertiary/aromatic N) is 1. The zero-order valence-corrected chi connectivity index (χ0v) is 11.4. The number of alkyl halides is 2. The maximum Gasteiger partial charge on any atom is 0.253 e. The molecule has 2 N–H and O–H groups in total. The molecule has 0 aromatic carbocycles. The van der Waals surface area contributed by atoms with Crippen LogP contribution in [0.15, 0.2) is 18.3 Å². The Hall–Kier alpha value is -2.25. The molecule has 2 amide bonds. The molecule has 1 aromatic heterocycles. The average Bonchev–Trinajstić information content (AvgIpc) is 2.57. The molecule has 6 nitrogen and oxygen atoms in total. The van der Waals surface area contributed by atoms with Crippen LogP contribution in [-0.2, 0) is 4.79 Å². The first-order chi connectivity index (χ1) is 9.91. The van der Waals surface area contributed by atoms with Gasteiger partial charge in [-0.3, -0.25) is 9.59 Å².